The molecule has 0 amide bonds. The molecule has 9 heteroatoms. The van der Waals surface area contributed by atoms with Gasteiger partial charge in [0.25, 0.3) is 5.60 Å². The smallest absolute Gasteiger partial charge is 0.393 e. The van der Waals surface area contributed by atoms with E-state index >= 15 is 0 Å². The van der Waals surface area contributed by atoms with Gasteiger partial charge in [0.15, 0.2) is 0 Å². The first kappa shape index (κ1) is 27.4. The minimum Gasteiger partial charge on any atom is -0.393 e. The number of halogens is 6. The molecule has 2 saturated carbocycles. The average molecular weight is 475 g/mol. The fraction of sp³-hybridized carbons (Fsp3) is 0.913. The third-order valence-corrected chi connectivity index (χ3v) is 7.76. The van der Waals surface area contributed by atoms with Crippen LogP contribution in [-0.4, -0.2) is 45.0 Å². The molecule has 0 aromatic carbocycles. The maximum atomic E-state index is 13.0. The average Bonchev–Trinajstić information content (AvgIpc) is 2.95. The number of hydrogen-bond donors (Lipinski definition) is 3. The SMILES string of the molecule is CC(C)(O)CCCC(C/C=C/C(O)(C(F)(F)F)C(F)(F)F)[C@H]1CCC2[C@@H](O)CCC[C@@]21C. The molecular weight excluding hydrogens is 438 g/mol. The van der Waals surface area contributed by atoms with Crippen molar-refractivity contribution < 1.29 is 41.7 Å². The Kier molecular flexibility index (Phi) is 8.10. The Bertz CT molecular complexity index is 638. The van der Waals surface area contributed by atoms with Crippen LogP contribution in [0.2, 0.25) is 0 Å². The number of fused-ring (bicyclic) bond motifs is 1. The van der Waals surface area contributed by atoms with Crippen molar-refractivity contribution in [2.24, 2.45) is 23.2 Å². The second-order valence-corrected chi connectivity index (χ2v) is 10.6. The second-order valence-electron chi connectivity index (χ2n) is 10.6. The number of aliphatic hydroxyl groups excluding tert-OH is 1. The highest BCUT2D eigenvalue weighted by molar-refractivity contribution is 5.11. The standard InChI is InChI=1S/C23H36F6O3/c1-19(2,31)12-4-7-15(8-5-14-21(32,22(24,25)26)23(27,28)29)16-10-11-17-18(30)9-6-13-20(16,17)3/h5,14-18,30-32H,4,6-13H2,1-3H3/b14-5+/t15?,16-,17?,18+,20-/m1/s1. The molecule has 188 valence electrons. The van der Waals surface area contributed by atoms with Crippen LogP contribution in [0.15, 0.2) is 12.2 Å². The summed E-state index contributed by atoms with van der Waals surface area (Å²) < 4.78 is 78.0. The molecule has 0 bridgehead atoms. The van der Waals surface area contributed by atoms with Gasteiger partial charge in [-0.15, -0.1) is 0 Å². The normalized spacial score (nSPS) is 31.2. The molecular formula is C23H36F6O3. The predicted molar refractivity (Wildman–Crippen MR) is 109 cm³/mol. The third kappa shape index (κ3) is 5.81. The highest BCUT2D eigenvalue weighted by Crippen LogP contribution is 2.59. The monoisotopic (exact) mass is 474 g/mol. The molecule has 2 unspecified atom stereocenters. The largest absolute Gasteiger partial charge is 0.429 e. The van der Waals surface area contributed by atoms with Crippen LogP contribution in [0.1, 0.15) is 78.6 Å². The van der Waals surface area contributed by atoms with E-state index in [1.165, 1.54) is 0 Å². The van der Waals surface area contributed by atoms with Gasteiger partial charge in [-0.2, -0.15) is 26.3 Å². The first-order chi connectivity index (χ1) is 14.4. The Morgan fingerprint density at radius 2 is 1.59 bits per heavy atom. The molecule has 0 aromatic heterocycles. The molecule has 0 radical (unpaired) electrons. The Balaban J connectivity index is 2.25. The molecule has 0 aliphatic heterocycles. The van der Waals surface area contributed by atoms with Crippen molar-refractivity contribution in [2.45, 2.75) is 108 Å². The molecule has 3 N–H and O–H groups in total. The first-order valence-electron chi connectivity index (χ1n) is 11.4. The predicted octanol–water partition coefficient (Wildman–Crippen LogP) is 5.92. The quantitative estimate of drug-likeness (QED) is 0.302. The Labute approximate surface area is 185 Å². The van der Waals surface area contributed by atoms with E-state index in [0.29, 0.717) is 25.7 Å². The first-order valence-corrected chi connectivity index (χ1v) is 11.4. The van der Waals surface area contributed by atoms with Crippen LogP contribution in [-0.2, 0) is 0 Å². The molecule has 0 heterocycles. The van der Waals surface area contributed by atoms with E-state index in [-0.39, 0.29) is 35.7 Å². The zero-order chi connectivity index (χ0) is 24.6. The van der Waals surface area contributed by atoms with Crippen LogP contribution in [0.25, 0.3) is 0 Å². The minimum absolute atomic E-state index is 0.0383. The number of alkyl halides is 6. The molecule has 5 atom stereocenters. The third-order valence-electron chi connectivity index (χ3n) is 7.76. The molecule has 32 heavy (non-hydrogen) atoms. The lowest BCUT2D eigenvalue weighted by Crippen LogP contribution is -2.55. The summed E-state index contributed by atoms with van der Waals surface area (Å²) in [5.74, 6) is -0.0947. The van der Waals surface area contributed by atoms with Gasteiger partial charge in [-0.3, -0.25) is 0 Å². The van der Waals surface area contributed by atoms with Crippen molar-refractivity contribution in [3.05, 3.63) is 12.2 Å². The van der Waals surface area contributed by atoms with Crippen LogP contribution in [0.4, 0.5) is 26.3 Å². The van der Waals surface area contributed by atoms with Gasteiger partial charge in [0.1, 0.15) is 0 Å². The summed E-state index contributed by atoms with van der Waals surface area (Å²) in [7, 11) is 0. The maximum absolute atomic E-state index is 13.0. The van der Waals surface area contributed by atoms with Crippen molar-refractivity contribution in [3.63, 3.8) is 0 Å². The Morgan fingerprint density at radius 1 is 1.00 bits per heavy atom. The van der Waals surface area contributed by atoms with Crippen molar-refractivity contribution in [1.29, 1.82) is 0 Å². The van der Waals surface area contributed by atoms with Gasteiger partial charge in [0.2, 0.25) is 0 Å². The van der Waals surface area contributed by atoms with Crippen molar-refractivity contribution in [1.82, 2.24) is 0 Å². The molecule has 2 rings (SSSR count). The van der Waals surface area contributed by atoms with Crippen molar-refractivity contribution >= 4 is 0 Å². The van der Waals surface area contributed by atoms with Crippen LogP contribution in [0.3, 0.4) is 0 Å². The van der Waals surface area contributed by atoms with Gasteiger partial charge in [0.05, 0.1) is 11.7 Å². The van der Waals surface area contributed by atoms with Crippen LogP contribution in [0.5, 0.6) is 0 Å². The Hall–Kier alpha value is -0.800. The summed E-state index contributed by atoms with van der Waals surface area (Å²) in [6.07, 6.45) is -6.09. The van der Waals surface area contributed by atoms with Gasteiger partial charge >= 0.3 is 12.4 Å². The summed E-state index contributed by atoms with van der Waals surface area (Å²) >= 11 is 0. The summed E-state index contributed by atoms with van der Waals surface area (Å²) in [5.41, 5.74) is -6.04. The van der Waals surface area contributed by atoms with Crippen LogP contribution in [0, 0.1) is 23.2 Å². The number of aliphatic hydroxyl groups is 3. The molecule has 0 saturated heterocycles. The van der Waals surface area contributed by atoms with Gasteiger partial charge in [-0.25, -0.2) is 0 Å². The molecule has 3 nitrogen and oxygen atoms in total. The lowest BCUT2D eigenvalue weighted by atomic mass is 9.60. The second kappa shape index (κ2) is 9.45. The van der Waals surface area contributed by atoms with E-state index in [1.807, 2.05) is 0 Å². The minimum atomic E-state index is -5.88. The zero-order valence-electron chi connectivity index (χ0n) is 18.9. The highest BCUT2D eigenvalue weighted by atomic mass is 19.4. The summed E-state index contributed by atoms with van der Waals surface area (Å²) in [5, 5.41) is 29.9. The number of rotatable bonds is 8. The van der Waals surface area contributed by atoms with E-state index in [1.54, 1.807) is 13.8 Å². The molecule has 2 fully saturated rings. The lowest BCUT2D eigenvalue weighted by Gasteiger charge is -2.46. The summed E-state index contributed by atoms with van der Waals surface area (Å²) in [6, 6.07) is 0. The summed E-state index contributed by atoms with van der Waals surface area (Å²) in [6.45, 7) is 5.38. The van der Waals surface area contributed by atoms with Crippen LogP contribution < -0.4 is 0 Å². The highest BCUT2D eigenvalue weighted by Gasteiger charge is 2.69. The fourth-order valence-electron chi connectivity index (χ4n) is 6.01. The van der Waals surface area contributed by atoms with Gasteiger partial charge in [-0.05, 0) is 88.0 Å². The number of hydrogen-bond acceptors (Lipinski definition) is 3. The van der Waals surface area contributed by atoms with Gasteiger partial charge in [0, 0.05) is 0 Å². The Morgan fingerprint density at radius 3 is 2.12 bits per heavy atom. The van der Waals surface area contributed by atoms with Crippen LogP contribution >= 0.6 is 0 Å². The van der Waals surface area contributed by atoms with E-state index < -0.39 is 29.7 Å². The summed E-state index contributed by atoms with van der Waals surface area (Å²) in [4.78, 5) is 0. The van der Waals surface area contributed by atoms with Gasteiger partial charge < -0.3 is 15.3 Å². The maximum Gasteiger partial charge on any atom is 0.429 e. The van der Waals surface area contributed by atoms with E-state index in [9.17, 15) is 41.7 Å². The van der Waals surface area contributed by atoms with Gasteiger partial charge in [-0.1, -0.05) is 25.8 Å². The molecule has 0 aromatic rings. The van der Waals surface area contributed by atoms with Crippen molar-refractivity contribution in [3.8, 4) is 0 Å². The molecule has 2 aliphatic rings. The molecule has 2 aliphatic carbocycles. The number of allylic oxidation sites excluding steroid dienone is 1. The molecule has 0 spiro atoms. The lowest BCUT2D eigenvalue weighted by molar-refractivity contribution is -0.347. The van der Waals surface area contributed by atoms with E-state index in [2.05, 4.69) is 6.92 Å². The zero-order valence-corrected chi connectivity index (χ0v) is 18.9. The van der Waals surface area contributed by atoms with E-state index in [0.717, 1.165) is 31.8 Å². The fourth-order valence-corrected chi connectivity index (χ4v) is 6.01. The van der Waals surface area contributed by atoms with E-state index in [4.69, 9.17) is 0 Å². The van der Waals surface area contributed by atoms with Crippen molar-refractivity contribution in [2.75, 3.05) is 0 Å². The topological polar surface area (TPSA) is 60.7 Å².